The topological polar surface area (TPSA) is 15.8 Å². The van der Waals surface area contributed by atoms with E-state index in [9.17, 15) is 4.39 Å². The van der Waals surface area contributed by atoms with Crippen LogP contribution in [0, 0.1) is 19.7 Å². The van der Waals surface area contributed by atoms with Gasteiger partial charge in [-0.3, -0.25) is 0 Å². The number of rotatable bonds is 0. The van der Waals surface area contributed by atoms with Crippen LogP contribution in [0.15, 0.2) is 18.3 Å². The average molecular weight is 163 g/mol. The van der Waals surface area contributed by atoms with Crippen molar-refractivity contribution in [1.82, 2.24) is 4.98 Å². The van der Waals surface area contributed by atoms with Crippen LogP contribution in [-0.4, -0.2) is 4.98 Å². The second kappa shape index (κ2) is 2.34. The van der Waals surface area contributed by atoms with E-state index in [-0.39, 0.29) is 5.82 Å². The van der Waals surface area contributed by atoms with Crippen molar-refractivity contribution >= 4 is 10.9 Å². The quantitative estimate of drug-likeness (QED) is 0.614. The molecule has 0 fully saturated rings. The zero-order valence-electron chi connectivity index (χ0n) is 7.11. The van der Waals surface area contributed by atoms with E-state index in [1.54, 1.807) is 13.0 Å². The Morgan fingerprint density at radius 2 is 1.92 bits per heavy atom. The molecule has 1 N–H and O–H groups in total. The molecule has 0 aliphatic heterocycles. The van der Waals surface area contributed by atoms with Crippen molar-refractivity contribution < 1.29 is 4.39 Å². The first kappa shape index (κ1) is 7.35. The Bertz CT molecular complexity index is 429. The molecular formula is C10H10FN. The highest BCUT2D eigenvalue weighted by Gasteiger charge is 2.06. The lowest BCUT2D eigenvalue weighted by molar-refractivity contribution is 0.630. The lowest BCUT2D eigenvalue weighted by atomic mass is 10.1. The molecule has 12 heavy (non-hydrogen) atoms. The van der Waals surface area contributed by atoms with E-state index in [4.69, 9.17) is 0 Å². The van der Waals surface area contributed by atoms with Crippen molar-refractivity contribution in [2.75, 3.05) is 0 Å². The summed E-state index contributed by atoms with van der Waals surface area (Å²) in [6, 6.07) is 3.69. The van der Waals surface area contributed by atoms with E-state index in [1.807, 2.05) is 19.2 Å². The van der Waals surface area contributed by atoms with Gasteiger partial charge in [-0.25, -0.2) is 4.39 Å². The first-order valence-corrected chi connectivity index (χ1v) is 3.93. The predicted octanol–water partition coefficient (Wildman–Crippen LogP) is 2.92. The highest BCUT2D eigenvalue weighted by atomic mass is 19.1. The van der Waals surface area contributed by atoms with Crippen LogP contribution in [0.1, 0.15) is 11.1 Å². The molecule has 2 heteroatoms. The number of hydrogen-bond donors (Lipinski definition) is 1. The molecule has 1 aromatic carbocycles. The normalized spacial score (nSPS) is 10.9. The molecule has 1 heterocycles. The lowest BCUT2D eigenvalue weighted by Crippen LogP contribution is -1.83. The van der Waals surface area contributed by atoms with Crippen LogP contribution in [0.5, 0.6) is 0 Å². The monoisotopic (exact) mass is 163 g/mol. The molecule has 1 nitrogen and oxygen atoms in total. The van der Waals surface area contributed by atoms with E-state index in [0.717, 1.165) is 16.5 Å². The summed E-state index contributed by atoms with van der Waals surface area (Å²) in [7, 11) is 0. The molecule has 2 rings (SSSR count). The van der Waals surface area contributed by atoms with Gasteiger partial charge in [0.1, 0.15) is 5.82 Å². The summed E-state index contributed by atoms with van der Waals surface area (Å²) in [4.78, 5) is 3.02. The van der Waals surface area contributed by atoms with Crippen LogP contribution in [-0.2, 0) is 0 Å². The fourth-order valence-electron chi connectivity index (χ4n) is 1.44. The molecule has 0 aliphatic rings. The number of hydrogen-bond acceptors (Lipinski definition) is 0. The second-order valence-electron chi connectivity index (χ2n) is 3.09. The first-order valence-electron chi connectivity index (χ1n) is 3.93. The Kier molecular flexibility index (Phi) is 1.43. The van der Waals surface area contributed by atoms with Crippen molar-refractivity contribution in [2.24, 2.45) is 0 Å². The number of H-pyrrole nitrogens is 1. The molecule has 0 bridgehead atoms. The number of aromatic amines is 1. The standard InChI is InChI=1S/C10H10FN/c1-6-3-4-8-9(10(6)11)7(2)5-12-8/h3-5,12H,1-2H3. The minimum absolute atomic E-state index is 0.105. The third-order valence-corrected chi connectivity index (χ3v) is 2.17. The molecule has 0 aliphatic carbocycles. The molecule has 0 saturated carbocycles. The van der Waals surface area contributed by atoms with Gasteiger partial charge in [0.25, 0.3) is 0 Å². The van der Waals surface area contributed by atoms with Gasteiger partial charge in [0.15, 0.2) is 0 Å². The average Bonchev–Trinajstić information content (AvgIpc) is 2.41. The van der Waals surface area contributed by atoms with E-state index in [2.05, 4.69) is 4.98 Å². The Morgan fingerprint density at radius 1 is 1.17 bits per heavy atom. The summed E-state index contributed by atoms with van der Waals surface area (Å²) in [5.74, 6) is -0.105. The fourth-order valence-corrected chi connectivity index (χ4v) is 1.44. The summed E-state index contributed by atoms with van der Waals surface area (Å²) in [5, 5.41) is 0.718. The maximum atomic E-state index is 13.5. The largest absolute Gasteiger partial charge is 0.361 e. The fraction of sp³-hybridized carbons (Fsp3) is 0.200. The zero-order valence-corrected chi connectivity index (χ0v) is 7.11. The van der Waals surface area contributed by atoms with Gasteiger partial charge in [-0.15, -0.1) is 0 Å². The predicted molar refractivity (Wildman–Crippen MR) is 47.7 cm³/mol. The van der Waals surface area contributed by atoms with Gasteiger partial charge in [0.2, 0.25) is 0 Å². The van der Waals surface area contributed by atoms with Crippen molar-refractivity contribution in [2.45, 2.75) is 13.8 Å². The van der Waals surface area contributed by atoms with Gasteiger partial charge in [-0.2, -0.15) is 0 Å². The number of aromatic nitrogens is 1. The maximum absolute atomic E-state index is 13.5. The first-order chi connectivity index (χ1) is 5.70. The third-order valence-electron chi connectivity index (χ3n) is 2.17. The third kappa shape index (κ3) is 0.843. The van der Waals surface area contributed by atoms with Gasteiger partial charge < -0.3 is 4.98 Å². The maximum Gasteiger partial charge on any atom is 0.135 e. The molecule has 0 unspecified atom stereocenters. The van der Waals surface area contributed by atoms with E-state index in [0.29, 0.717) is 5.56 Å². The smallest absolute Gasteiger partial charge is 0.135 e. The Balaban J connectivity index is 2.96. The highest BCUT2D eigenvalue weighted by molar-refractivity contribution is 5.84. The van der Waals surface area contributed by atoms with Crippen LogP contribution < -0.4 is 0 Å². The second-order valence-corrected chi connectivity index (χ2v) is 3.09. The molecule has 62 valence electrons. The highest BCUT2D eigenvalue weighted by Crippen LogP contribution is 2.22. The molecule has 0 saturated heterocycles. The van der Waals surface area contributed by atoms with Gasteiger partial charge in [0, 0.05) is 17.1 Å². The van der Waals surface area contributed by atoms with Crippen LogP contribution in [0.25, 0.3) is 10.9 Å². The molecule has 2 aromatic rings. The number of halogens is 1. The molecule has 0 amide bonds. The van der Waals surface area contributed by atoms with Gasteiger partial charge in [-0.05, 0) is 31.0 Å². The van der Waals surface area contributed by atoms with E-state index in [1.165, 1.54) is 0 Å². The summed E-state index contributed by atoms with van der Waals surface area (Å²) in [5.41, 5.74) is 2.53. The van der Waals surface area contributed by atoms with Crippen molar-refractivity contribution in [1.29, 1.82) is 0 Å². The van der Waals surface area contributed by atoms with Gasteiger partial charge in [-0.1, -0.05) is 6.07 Å². The number of benzene rings is 1. The zero-order chi connectivity index (χ0) is 8.72. The summed E-state index contributed by atoms with van der Waals surface area (Å²) < 4.78 is 13.5. The molecule has 0 spiro atoms. The van der Waals surface area contributed by atoms with Crippen molar-refractivity contribution in [3.8, 4) is 0 Å². The summed E-state index contributed by atoms with van der Waals surface area (Å²) in [6.07, 6.45) is 1.83. The van der Waals surface area contributed by atoms with Crippen LogP contribution in [0.3, 0.4) is 0 Å². The van der Waals surface area contributed by atoms with Crippen LogP contribution >= 0.6 is 0 Å². The van der Waals surface area contributed by atoms with Crippen LogP contribution in [0.4, 0.5) is 4.39 Å². The van der Waals surface area contributed by atoms with E-state index < -0.39 is 0 Å². The van der Waals surface area contributed by atoms with Crippen molar-refractivity contribution in [3.63, 3.8) is 0 Å². The minimum Gasteiger partial charge on any atom is -0.361 e. The molecule has 0 atom stereocenters. The van der Waals surface area contributed by atoms with Gasteiger partial charge in [0.05, 0.1) is 0 Å². The summed E-state index contributed by atoms with van der Waals surface area (Å²) in [6.45, 7) is 3.68. The number of fused-ring (bicyclic) bond motifs is 1. The molecule has 0 radical (unpaired) electrons. The van der Waals surface area contributed by atoms with Gasteiger partial charge >= 0.3 is 0 Å². The van der Waals surface area contributed by atoms with E-state index >= 15 is 0 Å². The molecular weight excluding hydrogens is 153 g/mol. The lowest BCUT2D eigenvalue weighted by Gasteiger charge is -1.97. The Hall–Kier alpha value is -1.31. The minimum atomic E-state index is -0.105. The van der Waals surface area contributed by atoms with Crippen molar-refractivity contribution in [3.05, 3.63) is 35.3 Å². The summed E-state index contributed by atoms with van der Waals surface area (Å²) >= 11 is 0. The SMILES string of the molecule is Cc1ccc2[nH]cc(C)c2c1F. The van der Waals surface area contributed by atoms with Crippen LogP contribution in [0.2, 0.25) is 0 Å². The Labute approximate surface area is 70.2 Å². The molecule has 1 aromatic heterocycles. The number of nitrogens with one attached hydrogen (secondary N) is 1. The number of aryl methyl sites for hydroxylation is 2. The Morgan fingerprint density at radius 3 is 2.67 bits per heavy atom.